The highest BCUT2D eigenvalue weighted by molar-refractivity contribution is 5.88. The first-order chi connectivity index (χ1) is 9.84. The van der Waals surface area contributed by atoms with Gasteiger partial charge in [-0.2, -0.15) is 5.10 Å². The Balaban J connectivity index is 2.27. The molecule has 1 saturated heterocycles. The molecule has 116 valence electrons. The van der Waals surface area contributed by atoms with E-state index in [0.29, 0.717) is 13.2 Å². The average molecular weight is 295 g/mol. The van der Waals surface area contributed by atoms with Gasteiger partial charge in [-0.1, -0.05) is 0 Å². The maximum absolute atomic E-state index is 12.7. The molecule has 1 aliphatic rings. The van der Waals surface area contributed by atoms with Crippen LogP contribution in [0.4, 0.5) is 0 Å². The van der Waals surface area contributed by atoms with Crippen LogP contribution in [-0.4, -0.2) is 57.5 Å². The summed E-state index contributed by atoms with van der Waals surface area (Å²) in [4.78, 5) is 25.4. The van der Waals surface area contributed by atoms with E-state index in [1.54, 1.807) is 11.6 Å². The third-order valence-electron chi connectivity index (χ3n) is 4.07. The Labute approximate surface area is 123 Å². The van der Waals surface area contributed by atoms with E-state index in [1.165, 1.54) is 4.90 Å². The second-order valence-corrected chi connectivity index (χ2v) is 5.39. The lowest BCUT2D eigenvalue weighted by Crippen LogP contribution is -2.53. The molecule has 1 fully saturated rings. The highest BCUT2D eigenvalue weighted by Gasteiger charge is 2.36. The fraction of sp³-hybridized carbons (Fsp3) is 0.643. The molecule has 0 radical (unpaired) electrons. The third kappa shape index (κ3) is 2.78. The molecule has 7 nitrogen and oxygen atoms in total. The van der Waals surface area contributed by atoms with Crippen molar-refractivity contribution in [1.82, 2.24) is 14.7 Å². The van der Waals surface area contributed by atoms with E-state index < -0.39 is 17.9 Å². The number of rotatable bonds is 3. The molecule has 2 unspecified atom stereocenters. The third-order valence-corrected chi connectivity index (χ3v) is 4.07. The minimum atomic E-state index is -1.03. The number of hydrogen-bond donors (Lipinski definition) is 1. The van der Waals surface area contributed by atoms with Crippen molar-refractivity contribution in [3.63, 3.8) is 0 Å². The number of morpholine rings is 1. The maximum Gasteiger partial charge on any atom is 0.328 e. The second kappa shape index (κ2) is 5.85. The molecule has 1 aliphatic heterocycles. The van der Waals surface area contributed by atoms with Crippen LogP contribution < -0.4 is 0 Å². The number of carbonyl (C=O) groups excluding carboxylic acids is 1. The minimum Gasteiger partial charge on any atom is -0.480 e. The van der Waals surface area contributed by atoms with Gasteiger partial charge in [0.2, 0.25) is 5.91 Å². The molecule has 1 aromatic heterocycles. The summed E-state index contributed by atoms with van der Waals surface area (Å²) < 4.78 is 6.91. The second-order valence-electron chi connectivity index (χ2n) is 5.39. The van der Waals surface area contributed by atoms with Gasteiger partial charge < -0.3 is 14.7 Å². The first-order valence-electron chi connectivity index (χ1n) is 6.95. The van der Waals surface area contributed by atoms with E-state index in [9.17, 15) is 14.7 Å². The Morgan fingerprint density at radius 1 is 1.43 bits per heavy atom. The predicted octanol–water partition coefficient (Wildman–Crippen LogP) is 0.452. The summed E-state index contributed by atoms with van der Waals surface area (Å²) in [6.07, 6.45) is 0. The van der Waals surface area contributed by atoms with Gasteiger partial charge in [0, 0.05) is 24.8 Å². The molecule has 7 heteroatoms. The maximum atomic E-state index is 12.7. The van der Waals surface area contributed by atoms with Gasteiger partial charge in [0.15, 0.2) is 6.04 Å². The van der Waals surface area contributed by atoms with E-state index in [-0.39, 0.29) is 12.5 Å². The van der Waals surface area contributed by atoms with Crippen molar-refractivity contribution in [3.05, 3.63) is 17.0 Å². The molecule has 0 aliphatic carbocycles. The molecule has 2 atom stereocenters. The average Bonchev–Trinajstić information content (AvgIpc) is 2.70. The smallest absolute Gasteiger partial charge is 0.328 e. The Hall–Kier alpha value is -1.89. The molecule has 0 saturated carbocycles. The molecular weight excluding hydrogens is 274 g/mol. The zero-order chi connectivity index (χ0) is 15.7. The normalized spacial score (nSPS) is 20.4. The summed E-state index contributed by atoms with van der Waals surface area (Å²) >= 11 is 0. The van der Waals surface area contributed by atoms with Crippen LogP contribution in [0, 0.1) is 13.8 Å². The van der Waals surface area contributed by atoms with Crippen LogP contribution in [0.25, 0.3) is 0 Å². The Kier molecular flexibility index (Phi) is 4.32. The predicted molar refractivity (Wildman–Crippen MR) is 75.1 cm³/mol. The van der Waals surface area contributed by atoms with Crippen molar-refractivity contribution in [3.8, 4) is 0 Å². The van der Waals surface area contributed by atoms with Crippen LogP contribution in [0.1, 0.15) is 29.8 Å². The summed E-state index contributed by atoms with van der Waals surface area (Å²) in [6, 6.07) is -0.911. The molecule has 2 heterocycles. The van der Waals surface area contributed by atoms with E-state index in [2.05, 4.69) is 5.10 Å². The summed E-state index contributed by atoms with van der Waals surface area (Å²) in [7, 11) is 1.83. The van der Waals surface area contributed by atoms with Crippen molar-refractivity contribution >= 4 is 11.9 Å². The summed E-state index contributed by atoms with van der Waals surface area (Å²) in [5.74, 6) is -1.64. The molecule has 1 amide bonds. The van der Waals surface area contributed by atoms with Gasteiger partial charge in [0.1, 0.15) is 0 Å². The van der Waals surface area contributed by atoms with Crippen LogP contribution in [-0.2, 0) is 21.4 Å². The SMILES string of the molecule is Cc1nn(C)c(C)c1C(C)C(=O)N1CCOCC1C(=O)O. The quantitative estimate of drug-likeness (QED) is 0.875. The molecule has 0 bridgehead atoms. The number of aliphatic carboxylic acids is 1. The Bertz CT molecular complexity index is 567. The number of carboxylic acids is 1. The zero-order valence-corrected chi connectivity index (χ0v) is 12.8. The van der Waals surface area contributed by atoms with Gasteiger partial charge in [0.25, 0.3) is 0 Å². The summed E-state index contributed by atoms with van der Waals surface area (Å²) in [5.41, 5.74) is 2.60. The summed E-state index contributed by atoms with van der Waals surface area (Å²) in [5, 5.41) is 13.6. The number of aryl methyl sites for hydroxylation is 2. The molecule has 2 rings (SSSR count). The van der Waals surface area contributed by atoms with Crippen molar-refractivity contribution in [2.24, 2.45) is 7.05 Å². The van der Waals surface area contributed by atoms with Crippen molar-refractivity contribution in [2.75, 3.05) is 19.8 Å². The molecule has 21 heavy (non-hydrogen) atoms. The van der Waals surface area contributed by atoms with Crippen LogP contribution >= 0.6 is 0 Å². The first kappa shape index (κ1) is 15.5. The highest BCUT2D eigenvalue weighted by Crippen LogP contribution is 2.26. The molecule has 0 aromatic carbocycles. The van der Waals surface area contributed by atoms with Crippen LogP contribution in [0.3, 0.4) is 0 Å². The van der Waals surface area contributed by atoms with Gasteiger partial charge >= 0.3 is 5.97 Å². The number of ether oxygens (including phenoxy) is 1. The Morgan fingerprint density at radius 2 is 2.10 bits per heavy atom. The van der Waals surface area contributed by atoms with E-state index >= 15 is 0 Å². The number of hydrogen-bond acceptors (Lipinski definition) is 4. The monoisotopic (exact) mass is 295 g/mol. The van der Waals surface area contributed by atoms with E-state index in [1.807, 2.05) is 20.9 Å². The van der Waals surface area contributed by atoms with Crippen LogP contribution in [0.5, 0.6) is 0 Å². The van der Waals surface area contributed by atoms with Crippen LogP contribution in [0.2, 0.25) is 0 Å². The lowest BCUT2D eigenvalue weighted by atomic mass is 9.96. The van der Waals surface area contributed by atoms with E-state index in [4.69, 9.17) is 4.74 Å². The number of aromatic nitrogens is 2. The summed E-state index contributed by atoms with van der Waals surface area (Å²) in [6.45, 7) is 6.28. The topological polar surface area (TPSA) is 84.7 Å². The van der Waals surface area contributed by atoms with Crippen LogP contribution in [0.15, 0.2) is 0 Å². The fourth-order valence-corrected chi connectivity index (χ4v) is 2.86. The standard InChI is InChI=1S/C14H21N3O4/c1-8(12-9(2)15-16(4)10(12)3)13(18)17-5-6-21-7-11(17)14(19)20/h8,11H,5-7H2,1-4H3,(H,19,20). The van der Waals surface area contributed by atoms with E-state index in [0.717, 1.165) is 17.0 Å². The molecule has 1 N–H and O–H groups in total. The lowest BCUT2D eigenvalue weighted by Gasteiger charge is -2.34. The highest BCUT2D eigenvalue weighted by atomic mass is 16.5. The van der Waals surface area contributed by atoms with Crippen molar-refractivity contribution in [2.45, 2.75) is 32.7 Å². The molecular formula is C14H21N3O4. The minimum absolute atomic E-state index is 0.0405. The van der Waals surface area contributed by atoms with Crippen molar-refractivity contribution < 1.29 is 19.4 Å². The molecule has 0 spiro atoms. The van der Waals surface area contributed by atoms with Gasteiger partial charge in [0.05, 0.1) is 24.8 Å². The number of carboxylic acid groups (broad SMARTS) is 1. The number of nitrogens with zero attached hydrogens (tertiary/aromatic N) is 3. The van der Waals surface area contributed by atoms with Gasteiger partial charge in [-0.05, 0) is 20.8 Å². The fourth-order valence-electron chi connectivity index (χ4n) is 2.86. The first-order valence-corrected chi connectivity index (χ1v) is 6.95. The lowest BCUT2D eigenvalue weighted by molar-refractivity contribution is -0.158. The van der Waals surface area contributed by atoms with Crippen molar-refractivity contribution in [1.29, 1.82) is 0 Å². The number of amides is 1. The van der Waals surface area contributed by atoms with Gasteiger partial charge in [-0.15, -0.1) is 0 Å². The van der Waals surface area contributed by atoms with Gasteiger partial charge in [-0.3, -0.25) is 9.48 Å². The largest absolute Gasteiger partial charge is 0.480 e. The Morgan fingerprint density at radius 3 is 2.62 bits per heavy atom. The number of carbonyl (C=O) groups is 2. The zero-order valence-electron chi connectivity index (χ0n) is 12.8. The van der Waals surface area contributed by atoms with Gasteiger partial charge in [-0.25, -0.2) is 4.79 Å². The molecule has 1 aromatic rings.